The molecule has 0 radical (unpaired) electrons. The van der Waals surface area contributed by atoms with Gasteiger partial charge >= 0.3 is 11.9 Å². The lowest BCUT2D eigenvalue weighted by Crippen LogP contribution is -2.45. The van der Waals surface area contributed by atoms with Crippen molar-refractivity contribution in [1.29, 1.82) is 0 Å². The topological polar surface area (TPSA) is 76.2 Å². The number of piperidine rings is 1. The maximum Gasteiger partial charge on any atom is 0.338 e. The van der Waals surface area contributed by atoms with Crippen molar-refractivity contribution in [3.8, 4) is 0 Å². The molecule has 31 heavy (non-hydrogen) atoms. The van der Waals surface area contributed by atoms with Crippen LogP contribution in [0.25, 0.3) is 0 Å². The smallest absolute Gasteiger partial charge is 0.338 e. The van der Waals surface area contributed by atoms with Crippen molar-refractivity contribution < 1.29 is 23.9 Å². The standard InChI is InChI=1S/C24H28N2O5/c1-15-12-24(23(29)26(15)18-11-21(27)30-13-18)6-9-25(10-7-24)8-5-17-3-4-19-20(16(17)2)14-31-22(19)28/h3-4,11,15H,5-10,12-14H2,1-2H3. The normalized spacial score (nSPS) is 25.1. The van der Waals surface area contributed by atoms with Gasteiger partial charge in [0.1, 0.15) is 13.2 Å². The van der Waals surface area contributed by atoms with Crippen LogP contribution < -0.4 is 0 Å². The van der Waals surface area contributed by atoms with Crippen molar-refractivity contribution in [3.63, 3.8) is 0 Å². The van der Waals surface area contributed by atoms with Gasteiger partial charge in [0.2, 0.25) is 5.91 Å². The summed E-state index contributed by atoms with van der Waals surface area (Å²) in [7, 11) is 0. The van der Waals surface area contributed by atoms with Crippen LogP contribution >= 0.6 is 0 Å². The third kappa shape index (κ3) is 3.35. The Bertz CT molecular complexity index is 990. The monoisotopic (exact) mass is 424 g/mol. The van der Waals surface area contributed by atoms with Crippen LogP contribution in [0.15, 0.2) is 23.9 Å². The fourth-order valence-corrected chi connectivity index (χ4v) is 5.69. The van der Waals surface area contributed by atoms with Crippen molar-refractivity contribution in [2.24, 2.45) is 5.41 Å². The SMILES string of the molecule is Cc1c(CCN2CCC3(CC2)CC(C)N(C2=CC(=O)OC2)C3=O)ccc2c1COC2=O. The Morgan fingerprint density at radius 1 is 1.10 bits per heavy atom. The second kappa shape index (κ2) is 7.48. The summed E-state index contributed by atoms with van der Waals surface area (Å²) in [5.74, 6) is -0.424. The Kier molecular flexibility index (Phi) is 4.88. The van der Waals surface area contributed by atoms with Crippen molar-refractivity contribution in [1.82, 2.24) is 9.80 Å². The molecule has 1 aromatic carbocycles. The fourth-order valence-electron chi connectivity index (χ4n) is 5.69. The molecule has 0 aliphatic carbocycles. The van der Waals surface area contributed by atoms with Gasteiger partial charge in [0.15, 0.2) is 0 Å². The zero-order valence-corrected chi connectivity index (χ0v) is 18.1. The van der Waals surface area contributed by atoms with Crippen molar-refractivity contribution in [2.75, 3.05) is 26.2 Å². The fraction of sp³-hybridized carbons (Fsp3) is 0.542. The van der Waals surface area contributed by atoms with Crippen LogP contribution in [0, 0.1) is 12.3 Å². The molecule has 164 valence electrons. The highest BCUT2D eigenvalue weighted by molar-refractivity contribution is 5.94. The molecule has 7 nitrogen and oxygen atoms in total. The predicted octanol–water partition coefficient (Wildman–Crippen LogP) is 2.35. The van der Waals surface area contributed by atoms with Gasteiger partial charge in [0.25, 0.3) is 0 Å². The summed E-state index contributed by atoms with van der Waals surface area (Å²) >= 11 is 0. The number of likely N-dealkylation sites (tertiary alicyclic amines) is 2. The number of benzene rings is 1. The molecular weight excluding hydrogens is 396 g/mol. The molecule has 1 spiro atoms. The van der Waals surface area contributed by atoms with Gasteiger partial charge in [0, 0.05) is 24.2 Å². The van der Waals surface area contributed by atoms with E-state index in [1.54, 1.807) is 4.90 Å². The van der Waals surface area contributed by atoms with Crippen LogP contribution in [0.3, 0.4) is 0 Å². The van der Waals surface area contributed by atoms with E-state index in [9.17, 15) is 14.4 Å². The minimum absolute atomic E-state index is 0.0961. The van der Waals surface area contributed by atoms with Crippen molar-refractivity contribution >= 4 is 17.8 Å². The van der Waals surface area contributed by atoms with E-state index in [0.717, 1.165) is 56.4 Å². The van der Waals surface area contributed by atoms with Crippen molar-refractivity contribution in [3.05, 3.63) is 46.2 Å². The minimum atomic E-state index is -0.358. The molecule has 0 saturated carbocycles. The van der Waals surface area contributed by atoms with Crippen LogP contribution in [0.5, 0.6) is 0 Å². The Hall–Kier alpha value is -2.67. The molecule has 4 aliphatic heterocycles. The Labute approximate surface area is 182 Å². The van der Waals surface area contributed by atoms with Crippen LogP contribution in [0.4, 0.5) is 0 Å². The number of hydrogen-bond acceptors (Lipinski definition) is 6. The van der Waals surface area contributed by atoms with Gasteiger partial charge in [-0.3, -0.25) is 4.79 Å². The number of carbonyl (C=O) groups excluding carboxylic acids is 3. The zero-order chi connectivity index (χ0) is 21.8. The van der Waals surface area contributed by atoms with Gasteiger partial charge in [-0.1, -0.05) is 6.07 Å². The number of esters is 2. The molecule has 1 atom stereocenters. The molecule has 2 saturated heterocycles. The third-order valence-corrected chi connectivity index (χ3v) is 7.54. The first-order chi connectivity index (χ1) is 14.9. The number of fused-ring (bicyclic) bond motifs is 1. The lowest BCUT2D eigenvalue weighted by Gasteiger charge is -2.38. The molecule has 4 aliphatic rings. The Morgan fingerprint density at radius 3 is 2.58 bits per heavy atom. The molecule has 0 bridgehead atoms. The summed E-state index contributed by atoms with van der Waals surface area (Å²) < 4.78 is 10.2. The van der Waals surface area contributed by atoms with E-state index in [1.807, 2.05) is 12.1 Å². The van der Waals surface area contributed by atoms with Crippen LogP contribution in [0.1, 0.15) is 53.2 Å². The van der Waals surface area contributed by atoms with E-state index in [-0.39, 0.29) is 35.9 Å². The summed E-state index contributed by atoms with van der Waals surface area (Å²) in [4.78, 5) is 40.7. The van der Waals surface area contributed by atoms with E-state index in [0.29, 0.717) is 17.9 Å². The quantitative estimate of drug-likeness (QED) is 0.691. The lowest BCUT2D eigenvalue weighted by atomic mass is 9.76. The number of cyclic esters (lactones) is 2. The van der Waals surface area contributed by atoms with E-state index in [2.05, 4.69) is 18.7 Å². The molecule has 0 aromatic heterocycles. The largest absolute Gasteiger partial charge is 0.457 e. The summed E-state index contributed by atoms with van der Waals surface area (Å²) in [6, 6.07) is 4.03. The molecule has 4 heterocycles. The highest BCUT2D eigenvalue weighted by Crippen LogP contribution is 2.46. The lowest BCUT2D eigenvalue weighted by molar-refractivity contribution is -0.138. The third-order valence-electron chi connectivity index (χ3n) is 7.54. The molecule has 1 aromatic rings. The minimum Gasteiger partial charge on any atom is -0.457 e. The molecular formula is C24H28N2O5. The summed E-state index contributed by atoms with van der Waals surface area (Å²) in [5, 5.41) is 0. The number of ether oxygens (including phenoxy) is 2. The molecule has 2 fully saturated rings. The van der Waals surface area contributed by atoms with E-state index >= 15 is 0 Å². The second-order valence-corrected chi connectivity index (χ2v) is 9.30. The van der Waals surface area contributed by atoms with Gasteiger partial charge < -0.3 is 19.3 Å². The van der Waals surface area contributed by atoms with Crippen LogP contribution in [-0.2, 0) is 32.1 Å². The number of amides is 1. The van der Waals surface area contributed by atoms with Gasteiger partial charge in [-0.25, -0.2) is 9.59 Å². The number of rotatable bonds is 4. The first-order valence-corrected chi connectivity index (χ1v) is 11.1. The first-order valence-electron chi connectivity index (χ1n) is 11.1. The van der Waals surface area contributed by atoms with Crippen LogP contribution in [0.2, 0.25) is 0 Å². The van der Waals surface area contributed by atoms with E-state index in [1.165, 1.54) is 11.6 Å². The Balaban J connectivity index is 1.21. The average Bonchev–Trinajstić information content (AvgIpc) is 3.40. The highest BCUT2D eigenvalue weighted by atomic mass is 16.5. The van der Waals surface area contributed by atoms with E-state index < -0.39 is 0 Å². The summed E-state index contributed by atoms with van der Waals surface area (Å²) in [6.07, 6.45) is 4.91. The Morgan fingerprint density at radius 2 is 1.87 bits per heavy atom. The van der Waals surface area contributed by atoms with Crippen LogP contribution in [-0.4, -0.2) is 59.9 Å². The predicted molar refractivity (Wildman–Crippen MR) is 112 cm³/mol. The van der Waals surface area contributed by atoms with Crippen molar-refractivity contribution in [2.45, 2.75) is 52.2 Å². The van der Waals surface area contributed by atoms with Gasteiger partial charge in [-0.05, 0) is 69.8 Å². The highest BCUT2D eigenvalue weighted by Gasteiger charge is 2.52. The van der Waals surface area contributed by atoms with E-state index in [4.69, 9.17) is 9.47 Å². The molecule has 1 unspecified atom stereocenters. The average molecular weight is 424 g/mol. The maximum absolute atomic E-state index is 13.3. The summed E-state index contributed by atoms with van der Waals surface area (Å²) in [5.41, 5.74) is 4.53. The molecule has 5 rings (SSSR count). The van der Waals surface area contributed by atoms with Gasteiger partial charge in [0.05, 0.1) is 16.7 Å². The first kappa shape index (κ1) is 20.2. The number of hydrogen-bond donors (Lipinski definition) is 0. The van der Waals surface area contributed by atoms with Gasteiger partial charge in [-0.2, -0.15) is 0 Å². The second-order valence-electron chi connectivity index (χ2n) is 9.30. The molecule has 0 N–H and O–H groups in total. The molecule has 7 heteroatoms. The maximum atomic E-state index is 13.3. The summed E-state index contributed by atoms with van der Waals surface area (Å²) in [6.45, 7) is 7.44. The zero-order valence-electron chi connectivity index (χ0n) is 18.1. The molecule has 1 amide bonds. The number of carbonyl (C=O) groups is 3. The van der Waals surface area contributed by atoms with Gasteiger partial charge in [-0.15, -0.1) is 0 Å². The number of nitrogens with zero attached hydrogens (tertiary/aromatic N) is 2.